The molecule has 1 saturated heterocycles. The van der Waals surface area contributed by atoms with Gasteiger partial charge in [-0.15, -0.1) is 0 Å². The van der Waals surface area contributed by atoms with Gasteiger partial charge in [0.15, 0.2) is 0 Å². The lowest BCUT2D eigenvalue weighted by Crippen LogP contribution is -2.47. The van der Waals surface area contributed by atoms with Crippen molar-refractivity contribution in [2.24, 2.45) is 5.92 Å². The van der Waals surface area contributed by atoms with Crippen molar-refractivity contribution in [1.29, 1.82) is 5.26 Å². The molecule has 0 radical (unpaired) electrons. The van der Waals surface area contributed by atoms with Crippen molar-refractivity contribution in [1.82, 2.24) is 0 Å². The number of nitrogens with zero attached hydrogens (tertiary/aromatic N) is 2. The maximum absolute atomic E-state index is 13.5. The van der Waals surface area contributed by atoms with Gasteiger partial charge < -0.3 is 15.0 Å². The van der Waals surface area contributed by atoms with Gasteiger partial charge in [0.1, 0.15) is 5.75 Å². The average Bonchev–Trinajstić information content (AvgIpc) is 2.85. The van der Waals surface area contributed by atoms with Gasteiger partial charge in [0.2, 0.25) is 11.8 Å². The Bertz CT molecular complexity index is 1200. The van der Waals surface area contributed by atoms with E-state index in [-0.39, 0.29) is 18.2 Å². The fourth-order valence-electron chi connectivity index (χ4n) is 4.31. The van der Waals surface area contributed by atoms with E-state index in [1.165, 1.54) is 0 Å². The molecule has 0 bridgehead atoms. The Hall–Kier alpha value is -4.11. The lowest BCUT2D eigenvalue weighted by molar-refractivity contribution is -0.125. The first-order chi connectivity index (χ1) is 16.0. The summed E-state index contributed by atoms with van der Waals surface area (Å²) >= 11 is 0. The second kappa shape index (κ2) is 9.58. The largest absolute Gasteiger partial charge is 0.496 e. The SMILES string of the molecule is COc1ccccc1C1C(C(=O)Nc2ccc(C#N)cc2)CCC(=O)N1c1ccc(C)cc1. The van der Waals surface area contributed by atoms with Crippen molar-refractivity contribution in [3.63, 3.8) is 0 Å². The van der Waals surface area contributed by atoms with E-state index in [1.807, 2.05) is 55.5 Å². The number of para-hydroxylation sites is 1. The molecule has 0 spiro atoms. The molecule has 1 aliphatic heterocycles. The average molecular weight is 440 g/mol. The number of hydrogen-bond acceptors (Lipinski definition) is 4. The van der Waals surface area contributed by atoms with Gasteiger partial charge in [0.25, 0.3) is 0 Å². The van der Waals surface area contributed by atoms with Gasteiger partial charge in [-0.3, -0.25) is 9.59 Å². The van der Waals surface area contributed by atoms with Crippen molar-refractivity contribution >= 4 is 23.2 Å². The third-order valence-electron chi connectivity index (χ3n) is 5.99. The van der Waals surface area contributed by atoms with Gasteiger partial charge in [0, 0.05) is 23.4 Å². The zero-order valence-corrected chi connectivity index (χ0v) is 18.6. The maximum atomic E-state index is 13.5. The Kier molecular flexibility index (Phi) is 6.41. The second-order valence-corrected chi connectivity index (χ2v) is 8.11. The topological polar surface area (TPSA) is 82.4 Å². The summed E-state index contributed by atoms with van der Waals surface area (Å²) in [4.78, 5) is 28.4. The first-order valence-electron chi connectivity index (χ1n) is 10.8. The zero-order valence-electron chi connectivity index (χ0n) is 18.6. The number of amides is 2. The lowest BCUT2D eigenvalue weighted by Gasteiger charge is -2.41. The third kappa shape index (κ3) is 4.58. The first-order valence-corrected chi connectivity index (χ1v) is 10.8. The van der Waals surface area contributed by atoms with Crippen LogP contribution in [0, 0.1) is 24.2 Å². The molecule has 3 aromatic carbocycles. The molecule has 2 amide bonds. The van der Waals surface area contributed by atoms with Crippen LogP contribution in [0.5, 0.6) is 5.75 Å². The molecular formula is C27H25N3O3. The predicted molar refractivity (Wildman–Crippen MR) is 127 cm³/mol. The third-order valence-corrected chi connectivity index (χ3v) is 5.99. The number of aryl methyl sites for hydroxylation is 1. The molecule has 3 aromatic rings. The Morgan fingerprint density at radius 2 is 1.76 bits per heavy atom. The summed E-state index contributed by atoms with van der Waals surface area (Å²) in [6.07, 6.45) is 0.691. The van der Waals surface area contributed by atoms with Gasteiger partial charge in [-0.05, 0) is 55.8 Å². The molecule has 6 nitrogen and oxygen atoms in total. The van der Waals surface area contributed by atoms with Crippen molar-refractivity contribution in [3.8, 4) is 11.8 Å². The summed E-state index contributed by atoms with van der Waals surface area (Å²) in [7, 11) is 1.59. The smallest absolute Gasteiger partial charge is 0.229 e. The van der Waals surface area contributed by atoms with E-state index < -0.39 is 12.0 Å². The standard InChI is InChI=1S/C27H25N3O3/c1-18-7-13-21(14-8-18)30-25(31)16-15-23(26(30)22-5-3-4-6-24(22)33-2)27(32)29-20-11-9-19(17-28)10-12-20/h3-14,23,26H,15-16H2,1-2H3,(H,29,32). The van der Waals surface area contributed by atoms with Gasteiger partial charge in [-0.2, -0.15) is 5.26 Å². The van der Waals surface area contributed by atoms with Gasteiger partial charge in [0.05, 0.1) is 30.7 Å². The van der Waals surface area contributed by atoms with Crippen LogP contribution in [0.25, 0.3) is 0 Å². The molecule has 2 unspecified atom stereocenters. The number of nitrogens with one attached hydrogen (secondary N) is 1. The molecule has 1 N–H and O–H groups in total. The molecule has 1 aliphatic rings. The molecule has 1 heterocycles. The lowest BCUT2D eigenvalue weighted by atomic mass is 9.82. The van der Waals surface area contributed by atoms with E-state index in [4.69, 9.17) is 10.00 Å². The van der Waals surface area contributed by atoms with Crippen molar-refractivity contribution in [2.75, 3.05) is 17.3 Å². The molecule has 0 saturated carbocycles. The fourth-order valence-corrected chi connectivity index (χ4v) is 4.31. The van der Waals surface area contributed by atoms with Crippen LogP contribution >= 0.6 is 0 Å². The Balaban J connectivity index is 1.75. The number of carbonyl (C=O) groups excluding carboxylic acids is 2. The van der Waals surface area contributed by atoms with Crippen LogP contribution in [-0.4, -0.2) is 18.9 Å². The summed E-state index contributed by atoms with van der Waals surface area (Å²) in [6, 6.07) is 23.6. The summed E-state index contributed by atoms with van der Waals surface area (Å²) in [5, 5.41) is 12.0. The minimum atomic E-state index is -0.525. The highest BCUT2D eigenvalue weighted by Gasteiger charge is 2.42. The molecule has 4 rings (SSSR count). The number of rotatable bonds is 5. The quantitative estimate of drug-likeness (QED) is 0.607. The summed E-state index contributed by atoms with van der Waals surface area (Å²) in [5.74, 6) is -0.0705. The normalized spacial score (nSPS) is 17.8. The van der Waals surface area contributed by atoms with Crippen LogP contribution in [0.1, 0.15) is 35.6 Å². The number of ether oxygens (including phenoxy) is 1. The first kappa shape index (κ1) is 22.1. The molecule has 2 atom stereocenters. The number of anilines is 2. The van der Waals surface area contributed by atoms with Gasteiger partial charge in [-0.1, -0.05) is 35.9 Å². The van der Waals surface area contributed by atoms with Crippen molar-refractivity contribution in [2.45, 2.75) is 25.8 Å². The molecule has 0 aliphatic carbocycles. The zero-order chi connectivity index (χ0) is 23.4. The number of hydrogen-bond donors (Lipinski definition) is 1. The minimum absolute atomic E-state index is 0.0304. The van der Waals surface area contributed by atoms with Gasteiger partial charge in [-0.25, -0.2) is 0 Å². The maximum Gasteiger partial charge on any atom is 0.229 e. The van der Waals surface area contributed by atoms with Crippen LogP contribution in [0.4, 0.5) is 11.4 Å². The highest BCUT2D eigenvalue weighted by molar-refractivity contribution is 6.00. The van der Waals surface area contributed by atoms with E-state index in [0.717, 1.165) is 16.8 Å². The minimum Gasteiger partial charge on any atom is -0.496 e. The molecule has 6 heteroatoms. The summed E-state index contributed by atoms with van der Waals surface area (Å²) < 4.78 is 5.61. The molecule has 0 aromatic heterocycles. The van der Waals surface area contributed by atoms with Gasteiger partial charge >= 0.3 is 0 Å². The number of piperidine rings is 1. The van der Waals surface area contributed by atoms with Crippen molar-refractivity contribution < 1.29 is 14.3 Å². The van der Waals surface area contributed by atoms with E-state index in [9.17, 15) is 9.59 Å². The highest BCUT2D eigenvalue weighted by atomic mass is 16.5. The summed E-state index contributed by atoms with van der Waals surface area (Å²) in [6.45, 7) is 1.99. The van der Waals surface area contributed by atoms with E-state index in [2.05, 4.69) is 11.4 Å². The van der Waals surface area contributed by atoms with E-state index in [1.54, 1.807) is 36.3 Å². The van der Waals surface area contributed by atoms with E-state index >= 15 is 0 Å². The van der Waals surface area contributed by atoms with Crippen molar-refractivity contribution in [3.05, 3.63) is 89.5 Å². The number of nitriles is 1. The molecule has 33 heavy (non-hydrogen) atoms. The molecule has 1 fully saturated rings. The van der Waals surface area contributed by atoms with Crippen LogP contribution in [0.15, 0.2) is 72.8 Å². The molecule has 166 valence electrons. The molecular weight excluding hydrogens is 414 g/mol. The van der Waals surface area contributed by atoms with Crippen LogP contribution in [0.2, 0.25) is 0 Å². The monoisotopic (exact) mass is 439 g/mol. The second-order valence-electron chi connectivity index (χ2n) is 8.11. The Labute approximate surface area is 193 Å². The summed E-state index contributed by atoms with van der Waals surface area (Å²) in [5.41, 5.74) is 3.75. The Morgan fingerprint density at radius 1 is 1.06 bits per heavy atom. The predicted octanol–water partition coefficient (Wildman–Crippen LogP) is 5.00. The number of benzene rings is 3. The van der Waals surface area contributed by atoms with Crippen LogP contribution in [-0.2, 0) is 9.59 Å². The fraction of sp³-hybridized carbons (Fsp3) is 0.222. The Morgan fingerprint density at radius 3 is 2.42 bits per heavy atom. The number of methoxy groups -OCH3 is 1. The van der Waals surface area contributed by atoms with Crippen LogP contribution < -0.4 is 15.0 Å². The van der Waals surface area contributed by atoms with E-state index in [0.29, 0.717) is 23.4 Å². The highest BCUT2D eigenvalue weighted by Crippen LogP contribution is 2.43. The number of carbonyl (C=O) groups is 2. The van der Waals surface area contributed by atoms with Crippen LogP contribution in [0.3, 0.4) is 0 Å².